The lowest BCUT2D eigenvalue weighted by Gasteiger charge is -2.54. The molecule has 0 amide bonds. The van der Waals surface area contributed by atoms with Crippen LogP contribution in [0.4, 0.5) is 0 Å². The van der Waals surface area contributed by atoms with Crippen LogP contribution in [0.25, 0.3) is 0 Å². The number of rotatable bonds is 4. The summed E-state index contributed by atoms with van der Waals surface area (Å²) in [5.41, 5.74) is 2.68. The van der Waals surface area contributed by atoms with Crippen molar-refractivity contribution in [1.82, 2.24) is 0 Å². The minimum Gasteiger partial charge on any atom is -0.465 e. The molecule has 1 spiro atoms. The van der Waals surface area contributed by atoms with Gasteiger partial charge in [-0.25, -0.2) is 0 Å². The van der Waals surface area contributed by atoms with Gasteiger partial charge in [-0.05, 0) is 85.2 Å². The fourth-order valence-electron chi connectivity index (χ4n) is 5.18. The van der Waals surface area contributed by atoms with Gasteiger partial charge in [0.25, 0.3) is 0 Å². The molecule has 1 saturated carbocycles. The molecule has 2 unspecified atom stereocenters. The molecule has 138 valence electrons. The van der Waals surface area contributed by atoms with Crippen molar-refractivity contribution in [1.29, 1.82) is 0 Å². The fraction of sp³-hybridized carbons (Fsp3) is 0.524. The number of hydrogen-bond donors (Lipinski definition) is 0. The second-order valence-corrected chi connectivity index (χ2v) is 8.60. The third-order valence-corrected chi connectivity index (χ3v) is 7.40. The molecule has 0 aliphatic heterocycles. The number of halogens is 1. The van der Waals surface area contributed by atoms with Crippen LogP contribution in [-0.2, 0) is 30.9 Å². The van der Waals surface area contributed by atoms with Gasteiger partial charge in [-0.2, -0.15) is 0 Å². The Hall–Kier alpha value is -1.37. The smallest absolute Gasteiger partial charge is 0.327 e. The highest BCUT2D eigenvalue weighted by Gasteiger charge is 2.63. The van der Waals surface area contributed by atoms with Crippen molar-refractivity contribution in [3.63, 3.8) is 0 Å². The van der Waals surface area contributed by atoms with Crippen LogP contribution in [-0.4, -0.2) is 25.2 Å². The molecular formula is C21H23IO4. The van der Waals surface area contributed by atoms with Gasteiger partial charge in [-0.3, -0.25) is 9.59 Å². The quantitative estimate of drug-likeness (QED) is 0.292. The Bertz CT molecular complexity index is 794. The summed E-state index contributed by atoms with van der Waals surface area (Å²) in [7, 11) is 0. The first-order valence-electron chi connectivity index (χ1n) is 9.34. The van der Waals surface area contributed by atoms with Crippen LogP contribution in [0.1, 0.15) is 44.2 Å². The van der Waals surface area contributed by atoms with E-state index in [1.807, 2.05) is 6.08 Å². The third-order valence-electron chi connectivity index (χ3n) is 6.39. The molecule has 0 bridgehead atoms. The number of ether oxygens (including phenoxy) is 2. The number of hydrogen-bond acceptors (Lipinski definition) is 4. The highest BCUT2D eigenvalue weighted by molar-refractivity contribution is 14.1. The van der Waals surface area contributed by atoms with Gasteiger partial charge in [0.15, 0.2) is 5.41 Å². The lowest BCUT2D eigenvalue weighted by Crippen LogP contribution is -2.54. The van der Waals surface area contributed by atoms with Crippen molar-refractivity contribution in [2.24, 2.45) is 11.3 Å². The summed E-state index contributed by atoms with van der Waals surface area (Å²) in [6, 6.07) is 6.48. The molecule has 1 aromatic rings. The van der Waals surface area contributed by atoms with E-state index in [4.69, 9.17) is 9.47 Å². The number of fused-ring (bicyclic) bond motifs is 1. The average Bonchev–Trinajstić information content (AvgIpc) is 2.95. The summed E-state index contributed by atoms with van der Waals surface area (Å²) in [4.78, 5) is 25.7. The van der Waals surface area contributed by atoms with E-state index < -0.39 is 17.4 Å². The van der Waals surface area contributed by atoms with Crippen LogP contribution in [0.15, 0.2) is 29.8 Å². The van der Waals surface area contributed by atoms with Crippen LogP contribution < -0.4 is 0 Å². The number of esters is 2. The van der Waals surface area contributed by atoms with Crippen molar-refractivity contribution in [2.75, 3.05) is 13.2 Å². The molecule has 5 heteroatoms. The van der Waals surface area contributed by atoms with Gasteiger partial charge in [0.1, 0.15) is 0 Å². The first-order valence-corrected chi connectivity index (χ1v) is 10.4. The van der Waals surface area contributed by atoms with E-state index in [1.54, 1.807) is 13.8 Å². The van der Waals surface area contributed by atoms with Gasteiger partial charge in [-0.15, -0.1) is 0 Å². The maximum Gasteiger partial charge on any atom is 0.327 e. The van der Waals surface area contributed by atoms with E-state index in [1.165, 1.54) is 20.3 Å². The van der Waals surface area contributed by atoms with Crippen LogP contribution >= 0.6 is 22.6 Å². The summed E-state index contributed by atoms with van der Waals surface area (Å²) >= 11 is 2.39. The molecule has 4 nitrogen and oxygen atoms in total. The van der Waals surface area contributed by atoms with Crippen molar-refractivity contribution >= 4 is 34.5 Å². The predicted molar refractivity (Wildman–Crippen MR) is 106 cm³/mol. The third kappa shape index (κ3) is 2.25. The largest absolute Gasteiger partial charge is 0.465 e. The summed E-state index contributed by atoms with van der Waals surface area (Å²) in [6.07, 6.45) is 5.33. The van der Waals surface area contributed by atoms with Crippen LogP contribution in [0, 0.1) is 14.9 Å². The lowest BCUT2D eigenvalue weighted by atomic mass is 9.48. The van der Waals surface area contributed by atoms with Crippen LogP contribution in [0.2, 0.25) is 0 Å². The molecule has 3 aliphatic rings. The lowest BCUT2D eigenvalue weighted by molar-refractivity contribution is -0.171. The molecule has 0 heterocycles. The van der Waals surface area contributed by atoms with E-state index in [0.717, 1.165) is 19.3 Å². The molecule has 0 saturated heterocycles. The van der Waals surface area contributed by atoms with E-state index in [2.05, 4.69) is 40.8 Å². The van der Waals surface area contributed by atoms with Crippen molar-refractivity contribution in [2.45, 2.75) is 44.9 Å². The second-order valence-electron chi connectivity index (χ2n) is 7.44. The molecule has 26 heavy (non-hydrogen) atoms. The predicted octanol–water partition coefficient (Wildman–Crippen LogP) is 3.94. The normalized spacial score (nSPS) is 27.3. The first-order chi connectivity index (χ1) is 12.5. The summed E-state index contributed by atoms with van der Waals surface area (Å²) in [5.74, 6) is -0.634. The molecule has 2 atom stereocenters. The monoisotopic (exact) mass is 466 g/mol. The minimum absolute atomic E-state index is 0.0129. The van der Waals surface area contributed by atoms with E-state index >= 15 is 0 Å². The molecule has 1 aromatic carbocycles. The summed E-state index contributed by atoms with van der Waals surface area (Å²) < 4.78 is 11.9. The molecule has 0 aromatic heterocycles. The maximum absolute atomic E-state index is 12.9. The Morgan fingerprint density at radius 2 is 1.88 bits per heavy atom. The van der Waals surface area contributed by atoms with Gasteiger partial charge in [-0.1, -0.05) is 23.8 Å². The van der Waals surface area contributed by atoms with Crippen molar-refractivity contribution < 1.29 is 19.1 Å². The molecule has 0 radical (unpaired) electrons. The highest BCUT2D eigenvalue weighted by Crippen LogP contribution is 2.65. The van der Waals surface area contributed by atoms with E-state index in [-0.39, 0.29) is 24.5 Å². The Kier molecular flexibility index (Phi) is 4.40. The summed E-state index contributed by atoms with van der Waals surface area (Å²) in [6.45, 7) is 4.07. The Morgan fingerprint density at radius 1 is 1.19 bits per heavy atom. The maximum atomic E-state index is 12.9. The Labute approximate surface area is 167 Å². The zero-order chi connectivity index (χ0) is 18.5. The molecular weight excluding hydrogens is 443 g/mol. The number of allylic oxidation sites excluding steroid dienone is 1. The molecule has 0 N–H and O–H groups in total. The molecule has 4 rings (SSSR count). The topological polar surface area (TPSA) is 52.6 Å². The summed E-state index contributed by atoms with van der Waals surface area (Å²) in [5, 5.41) is 0. The Morgan fingerprint density at radius 3 is 2.46 bits per heavy atom. The van der Waals surface area contributed by atoms with Gasteiger partial charge in [0.2, 0.25) is 0 Å². The minimum atomic E-state index is -1.29. The number of carbonyl (C=O) groups is 2. The van der Waals surface area contributed by atoms with Gasteiger partial charge in [0, 0.05) is 8.99 Å². The number of carbonyl (C=O) groups excluding carboxylic acids is 2. The van der Waals surface area contributed by atoms with Crippen LogP contribution in [0.3, 0.4) is 0 Å². The van der Waals surface area contributed by atoms with Crippen molar-refractivity contribution in [3.05, 3.63) is 44.5 Å². The highest BCUT2D eigenvalue weighted by atomic mass is 127. The van der Waals surface area contributed by atoms with Gasteiger partial charge < -0.3 is 9.47 Å². The zero-order valence-corrected chi connectivity index (χ0v) is 17.3. The number of benzene rings is 1. The standard InChI is InChI=1S/C21H23IO4/c1-3-25-18(23)20(19(24)26-4-2)11-13-8-9-21(13)14(12-20)10-15-16(21)6-5-7-17(15)22/h5-7,12-13H,3-4,8-11H2,1-2H3. The van der Waals surface area contributed by atoms with Crippen LogP contribution in [0.5, 0.6) is 0 Å². The Balaban J connectivity index is 1.85. The second kappa shape index (κ2) is 6.36. The average molecular weight is 466 g/mol. The molecule has 1 fully saturated rings. The van der Waals surface area contributed by atoms with Crippen molar-refractivity contribution in [3.8, 4) is 0 Å². The fourth-order valence-corrected chi connectivity index (χ4v) is 5.87. The van der Waals surface area contributed by atoms with E-state index in [9.17, 15) is 9.59 Å². The zero-order valence-electron chi connectivity index (χ0n) is 15.1. The first kappa shape index (κ1) is 18.0. The molecule has 3 aliphatic carbocycles. The SMILES string of the molecule is CCOC(=O)C1(C(=O)OCC)C=C2Cc3c(I)cccc3C23CCC3C1. The van der Waals surface area contributed by atoms with E-state index in [0.29, 0.717) is 6.42 Å². The van der Waals surface area contributed by atoms with Gasteiger partial charge >= 0.3 is 11.9 Å². The van der Waals surface area contributed by atoms with Gasteiger partial charge in [0.05, 0.1) is 13.2 Å².